The van der Waals surface area contributed by atoms with Crippen LogP contribution < -0.4 is 0 Å². The average molecular weight is 327 g/mol. The predicted octanol–water partition coefficient (Wildman–Crippen LogP) is 2.12. The Morgan fingerprint density at radius 3 is 2.48 bits per heavy atom. The highest BCUT2D eigenvalue weighted by Crippen LogP contribution is 2.15. The van der Waals surface area contributed by atoms with Crippen LogP contribution in [0.4, 0.5) is 0 Å². The molecule has 1 aromatic heterocycles. The fourth-order valence-corrected chi connectivity index (χ4v) is 2.91. The minimum atomic E-state index is 0.589. The molecule has 1 fully saturated rings. The molecule has 1 N–H and O–H groups in total. The molecular weight excluding hydrogens is 306 g/mol. The highest BCUT2D eigenvalue weighted by molar-refractivity contribution is 7.71. The lowest BCUT2D eigenvalue weighted by Gasteiger charge is -2.33. The van der Waals surface area contributed by atoms with Crippen LogP contribution in [0.25, 0.3) is 11.4 Å². The van der Waals surface area contributed by atoms with Gasteiger partial charge in [0.2, 0.25) is 4.77 Å². The molecule has 0 atom stereocenters. The molecule has 0 unspecified atom stereocenters. The maximum Gasteiger partial charge on any atom is 0.217 e. The van der Waals surface area contributed by atoms with Gasteiger partial charge in [-0.3, -0.25) is 14.9 Å². The minimum absolute atomic E-state index is 0.589. The van der Waals surface area contributed by atoms with Gasteiger partial charge in [-0.15, -0.1) is 6.42 Å². The summed E-state index contributed by atoms with van der Waals surface area (Å²) in [7, 11) is 0. The second kappa shape index (κ2) is 7.09. The summed E-state index contributed by atoms with van der Waals surface area (Å²) in [5.74, 6) is 3.53. The first-order chi connectivity index (χ1) is 11.2. The largest absolute Gasteiger partial charge is 0.290 e. The summed E-state index contributed by atoms with van der Waals surface area (Å²) in [6.07, 6.45) is 5.37. The van der Waals surface area contributed by atoms with Gasteiger partial charge in [0.15, 0.2) is 5.82 Å². The summed E-state index contributed by atoms with van der Waals surface area (Å²) in [6, 6.07) is 8.28. The van der Waals surface area contributed by atoms with Crippen LogP contribution in [0.3, 0.4) is 0 Å². The molecule has 0 spiro atoms. The zero-order valence-electron chi connectivity index (χ0n) is 13.3. The summed E-state index contributed by atoms with van der Waals surface area (Å²) >= 11 is 5.39. The number of H-pyrrole nitrogens is 1. The lowest BCUT2D eigenvalue weighted by molar-refractivity contribution is 0.111. The van der Waals surface area contributed by atoms with E-state index in [1.54, 1.807) is 0 Å². The third-order valence-corrected chi connectivity index (χ3v) is 4.44. The molecule has 0 amide bonds. The molecule has 3 rings (SSSR count). The molecule has 23 heavy (non-hydrogen) atoms. The first-order valence-corrected chi connectivity index (χ1v) is 8.18. The van der Waals surface area contributed by atoms with Gasteiger partial charge in [-0.05, 0) is 19.1 Å². The van der Waals surface area contributed by atoms with Crippen molar-refractivity contribution < 1.29 is 0 Å². The van der Waals surface area contributed by atoms with Crippen LogP contribution in [0, 0.1) is 24.0 Å². The third kappa shape index (κ3) is 3.88. The topological polar surface area (TPSA) is 40.1 Å². The summed E-state index contributed by atoms with van der Waals surface area (Å²) in [5, 5.41) is 3.31. The Balaban J connectivity index is 1.67. The SMILES string of the molecule is C#CCN1CCN(Cn2[nH]c(-c3ccc(C)cc3)nc2=S)CC1. The van der Waals surface area contributed by atoms with Crippen LogP contribution in [0.2, 0.25) is 0 Å². The molecule has 1 aliphatic rings. The number of aromatic nitrogens is 3. The van der Waals surface area contributed by atoms with Crippen molar-refractivity contribution in [1.82, 2.24) is 24.6 Å². The zero-order valence-corrected chi connectivity index (χ0v) is 14.1. The van der Waals surface area contributed by atoms with Crippen LogP contribution in [0.15, 0.2) is 24.3 Å². The fourth-order valence-electron chi connectivity index (χ4n) is 2.71. The molecule has 2 heterocycles. The monoisotopic (exact) mass is 327 g/mol. The molecule has 1 aliphatic heterocycles. The van der Waals surface area contributed by atoms with Crippen LogP contribution in [0.1, 0.15) is 5.56 Å². The van der Waals surface area contributed by atoms with Gasteiger partial charge in [0.05, 0.1) is 13.2 Å². The molecule has 5 nitrogen and oxygen atoms in total. The lowest BCUT2D eigenvalue weighted by Crippen LogP contribution is -2.46. The standard InChI is InChI=1S/C17H21N5S/c1-3-8-20-9-11-21(12-10-20)13-22-17(23)18-16(19-22)15-6-4-14(2)5-7-15/h1,4-7H,8-13H2,2H3,(H,18,19,23). The zero-order chi connectivity index (χ0) is 16.2. The number of hydrogen-bond acceptors (Lipinski definition) is 4. The van der Waals surface area contributed by atoms with Crippen molar-refractivity contribution in [3.05, 3.63) is 34.6 Å². The maximum atomic E-state index is 5.39. The summed E-state index contributed by atoms with van der Waals surface area (Å²) in [5.41, 5.74) is 2.29. The second-order valence-electron chi connectivity index (χ2n) is 5.89. The average Bonchev–Trinajstić information content (AvgIpc) is 2.91. The van der Waals surface area contributed by atoms with Gasteiger partial charge >= 0.3 is 0 Å². The quantitative estimate of drug-likeness (QED) is 0.690. The molecule has 2 aromatic rings. The van der Waals surface area contributed by atoms with Crippen molar-refractivity contribution in [2.24, 2.45) is 0 Å². The van der Waals surface area contributed by atoms with E-state index in [1.165, 1.54) is 5.56 Å². The Labute approximate surface area is 141 Å². The van der Waals surface area contributed by atoms with Crippen molar-refractivity contribution >= 4 is 12.2 Å². The van der Waals surface area contributed by atoms with Gasteiger partial charge in [-0.1, -0.05) is 35.7 Å². The molecule has 0 saturated carbocycles. The van der Waals surface area contributed by atoms with Gasteiger partial charge in [0.25, 0.3) is 0 Å². The number of nitrogens with zero attached hydrogens (tertiary/aromatic N) is 4. The van der Waals surface area contributed by atoms with Gasteiger partial charge in [0.1, 0.15) is 0 Å². The van der Waals surface area contributed by atoms with E-state index in [1.807, 2.05) is 4.68 Å². The van der Waals surface area contributed by atoms with Crippen molar-refractivity contribution in [1.29, 1.82) is 0 Å². The van der Waals surface area contributed by atoms with Crippen LogP contribution >= 0.6 is 12.2 Å². The first-order valence-electron chi connectivity index (χ1n) is 7.78. The molecule has 0 bridgehead atoms. The number of rotatable bonds is 4. The molecule has 0 aliphatic carbocycles. The smallest absolute Gasteiger partial charge is 0.217 e. The van der Waals surface area contributed by atoms with E-state index in [4.69, 9.17) is 18.6 Å². The van der Waals surface area contributed by atoms with E-state index in [0.717, 1.165) is 50.8 Å². The van der Waals surface area contributed by atoms with E-state index in [9.17, 15) is 0 Å². The molecular formula is C17H21N5S. The second-order valence-corrected chi connectivity index (χ2v) is 6.25. The fraction of sp³-hybridized carbons (Fsp3) is 0.412. The number of piperazine rings is 1. The third-order valence-electron chi connectivity index (χ3n) is 4.13. The van der Waals surface area contributed by atoms with Gasteiger partial charge < -0.3 is 0 Å². The van der Waals surface area contributed by atoms with E-state index in [2.05, 4.69) is 57.0 Å². The molecule has 6 heteroatoms. The summed E-state index contributed by atoms with van der Waals surface area (Å²) < 4.78 is 2.52. The minimum Gasteiger partial charge on any atom is -0.290 e. The molecule has 120 valence electrons. The normalized spacial score (nSPS) is 16.3. The molecule has 1 aromatic carbocycles. The first kappa shape index (κ1) is 15.9. The van der Waals surface area contributed by atoms with E-state index >= 15 is 0 Å². The Hall–Kier alpha value is -1.94. The van der Waals surface area contributed by atoms with Gasteiger partial charge in [-0.2, -0.15) is 4.98 Å². The lowest BCUT2D eigenvalue weighted by atomic mass is 10.1. The number of hydrogen-bond donors (Lipinski definition) is 1. The highest BCUT2D eigenvalue weighted by atomic mass is 32.1. The van der Waals surface area contributed by atoms with Crippen LogP contribution in [0.5, 0.6) is 0 Å². The maximum absolute atomic E-state index is 5.39. The van der Waals surface area contributed by atoms with Crippen LogP contribution in [-0.2, 0) is 6.67 Å². The Morgan fingerprint density at radius 2 is 1.83 bits per heavy atom. The van der Waals surface area contributed by atoms with Crippen LogP contribution in [-0.4, -0.2) is 57.3 Å². The number of nitrogens with one attached hydrogen (secondary N) is 1. The van der Waals surface area contributed by atoms with Gasteiger partial charge in [0, 0.05) is 31.7 Å². The number of aryl methyl sites for hydroxylation is 1. The summed E-state index contributed by atoms with van der Waals surface area (Å²) in [6.45, 7) is 7.51. The Kier molecular flexibility index (Phi) is 4.91. The predicted molar refractivity (Wildman–Crippen MR) is 94.4 cm³/mol. The van der Waals surface area contributed by atoms with Crippen molar-refractivity contribution in [3.63, 3.8) is 0 Å². The highest BCUT2D eigenvalue weighted by Gasteiger charge is 2.17. The van der Waals surface area contributed by atoms with E-state index < -0.39 is 0 Å². The van der Waals surface area contributed by atoms with Crippen molar-refractivity contribution in [3.8, 4) is 23.7 Å². The number of terminal acetylenes is 1. The Bertz CT molecular complexity index is 745. The van der Waals surface area contributed by atoms with E-state index in [0.29, 0.717) is 4.77 Å². The Morgan fingerprint density at radius 1 is 1.17 bits per heavy atom. The van der Waals surface area contributed by atoms with Gasteiger partial charge in [-0.25, -0.2) is 4.68 Å². The number of aromatic amines is 1. The summed E-state index contributed by atoms with van der Waals surface area (Å²) in [4.78, 5) is 9.13. The van der Waals surface area contributed by atoms with E-state index in [-0.39, 0.29) is 0 Å². The number of benzene rings is 1. The molecule has 0 radical (unpaired) electrons. The van der Waals surface area contributed by atoms with Crippen molar-refractivity contribution in [2.75, 3.05) is 32.7 Å². The molecule has 1 saturated heterocycles. The van der Waals surface area contributed by atoms with Crippen molar-refractivity contribution in [2.45, 2.75) is 13.6 Å².